The van der Waals surface area contributed by atoms with E-state index in [9.17, 15) is 8.42 Å². The zero-order valence-electron chi connectivity index (χ0n) is 19.2. The van der Waals surface area contributed by atoms with Crippen molar-refractivity contribution in [3.8, 4) is 28.0 Å². The van der Waals surface area contributed by atoms with Gasteiger partial charge in [-0.05, 0) is 65.9 Å². The van der Waals surface area contributed by atoms with Crippen LogP contribution in [0.4, 0.5) is 0 Å². The first-order valence-corrected chi connectivity index (χ1v) is 12.7. The molecule has 0 saturated carbocycles. The molecule has 0 fully saturated rings. The van der Waals surface area contributed by atoms with Crippen molar-refractivity contribution in [2.24, 2.45) is 0 Å². The van der Waals surface area contributed by atoms with Gasteiger partial charge in [0.05, 0.1) is 4.90 Å². The van der Waals surface area contributed by atoms with Crippen molar-refractivity contribution in [3.05, 3.63) is 108 Å². The van der Waals surface area contributed by atoms with E-state index in [0.717, 1.165) is 44.7 Å². The van der Waals surface area contributed by atoms with Crippen LogP contribution in [0.25, 0.3) is 22.3 Å². The Hall–Kier alpha value is -3.41. The molecule has 0 aliphatic carbocycles. The van der Waals surface area contributed by atoms with E-state index in [-0.39, 0.29) is 17.6 Å². The van der Waals surface area contributed by atoms with Gasteiger partial charge in [0, 0.05) is 12.0 Å². The highest BCUT2D eigenvalue weighted by Crippen LogP contribution is 2.43. The molecule has 0 N–H and O–H groups in total. The average Bonchev–Trinajstić information content (AvgIpc) is 3.27. The highest BCUT2D eigenvalue weighted by atomic mass is 32.2. The lowest BCUT2D eigenvalue weighted by Gasteiger charge is -2.15. The number of ether oxygens (including phenoxy) is 1. The molecule has 0 saturated heterocycles. The fourth-order valence-corrected chi connectivity index (χ4v) is 5.27. The molecule has 0 bridgehead atoms. The van der Waals surface area contributed by atoms with Crippen molar-refractivity contribution in [2.75, 3.05) is 6.61 Å². The molecule has 34 heavy (non-hydrogen) atoms. The molecular formula is C29H26O4S. The molecule has 4 aromatic carbocycles. The highest BCUT2D eigenvalue weighted by molar-refractivity contribution is 7.86. The molecule has 5 rings (SSSR count). The van der Waals surface area contributed by atoms with Gasteiger partial charge in [-0.15, -0.1) is 0 Å². The summed E-state index contributed by atoms with van der Waals surface area (Å²) < 4.78 is 37.0. The summed E-state index contributed by atoms with van der Waals surface area (Å²) in [5.74, 6) is 0.801. The standard InChI is InChI=1S/C29H26O4S/c1-20-12-14-26(15-13-20)34(30,31)32-19-25-17-24-16-23(22-9-4-3-5-10-22)18-28(29(24)33-25)27-11-7-6-8-21(27)2/h3-16,18,25H,17,19H2,1-2H3. The van der Waals surface area contributed by atoms with Gasteiger partial charge in [-0.2, -0.15) is 8.42 Å². The topological polar surface area (TPSA) is 52.6 Å². The summed E-state index contributed by atoms with van der Waals surface area (Å²) in [6.07, 6.45) is 0.196. The monoisotopic (exact) mass is 470 g/mol. The van der Waals surface area contributed by atoms with E-state index in [1.807, 2.05) is 37.3 Å². The Morgan fingerprint density at radius 1 is 0.824 bits per heavy atom. The fraction of sp³-hybridized carbons (Fsp3) is 0.172. The molecule has 172 valence electrons. The number of hydrogen-bond acceptors (Lipinski definition) is 4. The molecule has 5 heteroatoms. The second-order valence-corrected chi connectivity index (χ2v) is 10.3. The maximum absolute atomic E-state index is 12.7. The van der Waals surface area contributed by atoms with Crippen LogP contribution in [0.5, 0.6) is 5.75 Å². The van der Waals surface area contributed by atoms with Gasteiger partial charge < -0.3 is 4.74 Å². The molecule has 0 aromatic heterocycles. The van der Waals surface area contributed by atoms with Crippen LogP contribution in [0.3, 0.4) is 0 Å². The lowest BCUT2D eigenvalue weighted by Crippen LogP contribution is -2.23. The first kappa shape index (κ1) is 22.4. The van der Waals surface area contributed by atoms with Crippen LogP contribution in [0.15, 0.2) is 95.9 Å². The van der Waals surface area contributed by atoms with Crippen LogP contribution >= 0.6 is 0 Å². The maximum atomic E-state index is 12.7. The van der Waals surface area contributed by atoms with Gasteiger partial charge in [-0.3, -0.25) is 4.18 Å². The molecule has 4 nitrogen and oxygen atoms in total. The Morgan fingerprint density at radius 3 is 2.26 bits per heavy atom. The SMILES string of the molecule is Cc1ccc(S(=O)(=O)OCC2Cc3cc(-c4ccccc4)cc(-c4ccccc4C)c3O2)cc1. The smallest absolute Gasteiger partial charge is 0.297 e. The van der Waals surface area contributed by atoms with E-state index in [2.05, 4.69) is 43.3 Å². The van der Waals surface area contributed by atoms with Crippen molar-refractivity contribution in [1.29, 1.82) is 0 Å². The number of rotatable bonds is 6. The molecule has 4 aromatic rings. The minimum absolute atomic E-state index is 0.0429. The van der Waals surface area contributed by atoms with Crippen LogP contribution in [0, 0.1) is 13.8 Å². The third-order valence-corrected chi connectivity index (χ3v) is 7.45. The van der Waals surface area contributed by atoms with E-state index in [4.69, 9.17) is 8.92 Å². The summed E-state index contributed by atoms with van der Waals surface area (Å²) in [6, 6.07) is 29.4. The molecule has 0 spiro atoms. The lowest BCUT2D eigenvalue weighted by molar-refractivity contribution is 0.152. The Bertz CT molecular complexity index is 1430. The summed E-state index contributed by atoms with van der Waals surface area (Å²) in [5.41, 5.74) is 7.55. The summed E-state index contributed by atoms with van der Waals surface area (Å²) in [7, 11) is -3.85. The molecule has 0 radical (unpaired) electrons. The van der Waals surface area contributed by atoms with Crippen molar-refractivity contribution in [1.82, 2.24) is 0 Å². The molecular weight excluding hydrogens is 444 g/mol. The maximum Gasteiger partial charge on any atom is 0.297 e. The Morgan fingerprint density at radius 2 is 1.53 bits per heavy atom. The quantitative estimate of drug-likeness (QED) is 0.308. The van der Waals surface area contributed by atoms with Gasteiger partial charge in [-0.1, -0.05) is 72.3 Å². The molecule has 1 unspecified atom stereocenters. The summed E-state index contributed by atoms with van der Waals surface area (Å²) in [6.45, 7) is 3.95. The summed E-state index contributed by atoms with van der Waals surface area (Å²) in [5, 5.41) is 0. The normalized spacial score (nSPS) is 15.1. The lowest BCUT2D eigenvalue weighted by atomic mass is 9.92. The largest absolute Gasteiger partial charge is 0.487 e. The van der Waals surface area contributed by atoms with Crippen molar-refractivity contribution in [2.45, 2.75) is 31.3 Å². The van der Waals surface area contributed by atoms with Gasteiger partial charge >= 0.3 is 0 Å². The van der Waals surface area contributed by atoms with E-state index < -0.39 is 10.1 Å². The van der Waals surface area contributed by atoms with Crippen molar-refractivity contribution in [3.63, 3.8) is 0 Å². The van der Waals surface area contributed by atoms with Crippen LogP contribution in [0.1, 0.15) is 16.7 Å². The van der Waals surface area contributed by atoms with Gasteiger partial charge in [0.15, 0.2) is 0 Å². The van der Waals surface area contributed by atoms with Gasteiger partial charge in [0.1, 0.15) is 18.5 Å². The third kappa shape index (κ3) is 4.49. The Kier molecular flexibility index (Phi) is 5.98. The van der Waals surface area contributed by atoms with Crippen LogP contribution in [-0.4, -0.2) is 21.1 Å². The first-order valence-electron chi connectivity index (χ1n) is 11.3. The van der Waals surface area contributed by atoms with Gasteiger partial charge in [0.2, 0.25) is 0 Å². The Labute approximate surface area is 200 Å². The first-order chi connectivity index (χ1) is 16.4. The van der Waals surface area contributed by atoms with E-state index in [1.54, 1.807) is 24.3 Å². The van der Waals surface area contributed by atoms with Gasteiger partial charge in [0.25, 0.3) is 10.1 Å². The average molecular weight is 471 g/mol. The van der Waals surface area contributed by atoms with Crippen LogP contribution in [-0.2, 0) is 20.7 Å². The van der Waals surface area contributed by atoms with Crippen LogP contribution < -0.4 is 4.74 Å². The Balaban J connectivity index is 1.45. The predicted octanol–water partition coefficient (Wildman–Crippen LogP) is 6.35. The summed E-state index contributed by atoms with van der Waals surface area (Å²) >= 11 is 0. The van der Waals surface area contributed by atoms with Gasteiger partial charge in [-0.25, -0.2) is 0 Å². The molecule has 1 aliphatic heterocycles. The molecule has 1 aliphatic rings. The zero-order chi connectivity index (χ0) is 23.7. The second kappa shape index (κ2) is 9.09. The predicted molar refractivity (Wildman–Crippen MR) is 134 cm³/mol. The van der Waals surface area contributed by atoms with Crippen molar-refractivity contribution < 1.29 is 17.3 Å². The van der Waals surface area contributed by atoms with E-state index >= 15 is 0 Å². The third-order valence-electron chi connectivity index (χ3n) is 6.16. The van der Waals surface area contributed by atoms with E-state index in [1.165, 1.54) is 0 Å². The zero-order valence-corrected chi connectivity index (χ0v) is 20.0. The van der Waals surface area contributed by atoms with E-state index in [0.29, 0.717) is 6.42 Å². The molecule has 1 heterocycles. The number of hydrogen-bond donors (Lipinski definition) is 0. The summed E-state index contributed by atoms with van der Waals surface area (Å²) in [4.78, 5) is 0.153. The van der Waals surface area contributed by atoms with Crippen molar-refractivity contribution >= 4 is 10.1 Å². The fourth-order valence-electron chi connectivity index (χ4n) is 4.34. The minimum atomic E-state index is -3.85. The van der Waals surface area contributed by atoms with Crippen LogP contribution in [0.2, 0.25) is 0 Å². The number of benzene rings is 4. The second-order valence-electron chi connectivity index (χ2n) is 8.69. The number of aryl methyl sites for hydroxylation is 2. The number of fused-ring (bicyclic) bond motifs is 1. The highest BCUT2D eigenvalue weighted by Gasteiger charge is 2.29. The molecule has 1 atom stereocenters. The molecule has 0 amide bonds. The minimum Gasteiger partial charge on any atom is -0.487 e.